The van der Waals surface area contributed by atoms with Gasteiger partial charge in [-0.05, 0) is 26.8 Å². The molecule has 0 aromatic heterocycles. The number of terminal acetylenes is 1. The Morgan fingerprint density at radius 2 is 2.38 bits per heavy atom. The van der Waals surface area contributed by atoms with Gasteiger partial charge < -0.3 is 4.90 Å². The Morgan fingerprint density at radius 3 is 2.77 bits per heavy atom. The van der Waals surface area contributed by atoms with Crippen LogP contribution < -0.4 is 5.32 Å². The molecular weight excluding hydrogens is 160 g/mol. The number of likely N-dealkylation sites (tertiary alicyclic amines) is 1. The Morgan fingerprint density at radius 1 is 1.69 bits per heavy atom. The third kappa shape index (κ3) is 2.72. The van der Waals surface area contributed by atoms with Gasteiger partial charge in [0.1, 0.15) is 0 Å². The fourth-order valence-electron chi connectivity index (χ4n) is 1.88. The average molecular weight is 180 g/mol. The van der Waals surface area contributed by atoms with Crippen LogP contribution in [0.15, 0.2) is 0 Å². The summed E-state index contributed by atoms with van der Waals surface area (Å²) in [7, 11) is 2.17. The Balaban J connectivity index is 2.35. The molecule has 2 heteroatoms. The molecule has 13 heavy (non-hydrogen) atoms. The Hall–Kier alpha value is -0.520. The molecule has 0 spiro atoms. The fourth-order valence-corrected chi connectivity index (χ4v) is 1.88. The standard InChI is InChI=1S/C11H20N2/c1-5-10(6-2)12-11-7-9(3)13(4)8-11/h1,9-12H,6-8H2,2-4H3. The molecule has 0 aromatic rings. The van der Waals surface area contributed by atoms with Crippen LogP contribution in [0.5, 0.6) is 0 Å². The van der Waals surface area contributed by atoms with Gasteiger partial charge in [-0.25, -0.2) is 0 Å². The first kappa shape index (κ1) is 10.6. The van der Waals surface area contributed by atoms with E-state index in [4.69, 9.17) is 6.42 Å². The van der Waals surface area contributed by atoms with E-state index in [2.05, 4.69) is 37.0 Å². The molecule has 74 valence electrons. The number of hydrogen-bond acceptors (Lipinski definition) is 2. The zero-order valence-corrected chi connectivity index (χ0v) is 8.88. The molecule has 1 heterocycles. The number of likely N-dealkylation sites (N-methyl/N-ethyl adjacent to an activating group) is 1. The summed E-state index contributed by atoms with van der Waals surface area (Å²) < 4.78 is 0. The maximum Gasteiger partial charge on any atom is 0.0686 e. The molecule has 2 nitrogen and oxygen atoms in total. The Labute approximate surface area is 81.7 Å². The van der Waals surface area contributed by atoms with Crippen LogP contribution in [0.3, 0.4) is 0 Å². The van der Waals surface area contributed by atoms with Crippen molar-refractivity contribution >= 4 is 0 Å². The van der Waals surface area contributed by atoms with E-state index in [1.807, 2.05) is 0 Å². The van der Waals surface area contributed by atoms with Crippen LogP contribution in [0.4, 0.5) is 0 Å². The molecule has 0 saturated carbocycles. The normalized spacial score (nSPS) is 31.5. The van der Waals surface area contributed by atoms with Crippen LogP contribution in [-0.2, 0) is 0 Å². The average Bonchev–Trinajstić information content (AvgIpc) is 2.42. The molecule has 1 aliphatic rings. The maximum atomic E-state index is 5.40. The van der Waals surface area contributed by atoms with E-state index in [0.717, 1.165) is 13.0 Å². The molecule has 0 bridgehead atoms. The lowest BCUT2D eigenvalue weighted by Gasteiger charge is -2.16. The van der Waals surface area contributed by atoms with E-state index in [0.29, 0.717) is 12.1 Å². The molecule has 0 amide bonds. The van der Waals surface area contributed by atoms with Gasteiger partial charge in [-0.15, -0.1) is 6.42 Å². The number of hydrogen-bond donors (Lipinski definition) is 1. The van der Waals surface area contributed by atoms with Crippen molar-refractivity contribution in [2.75, 3.05) is 13.6 Å². The number of nitrogens with one attached hydrogen (secondary N) is 1. The van der Waals surface area contributed by atoms with Crippen LogP contribution in [0.1, 0.15) is 26.7 Å². The van der Waals surface area contributed by atoms with Gasteiger partial charge in [0, 0.05) is 18.6 Å². The van der Waals surface area contributed by atoms with E-state index in [9.17, 15) is 0 Å². The second-order valence-corrected chi connectivity index (χ2v) is 4.02. The summed E-state index contributed by atoms with van der Waals surface area (Å²) in [5.41, 5.74) is 0. The van der Waals surface area contributed by atoms with Gasteiger partial charge in [0.15, 0.2) is 0 Å². The molecular formula is C11H20N2. The lowest BCUT2D eigenvalue weighted by Crippen LogP contribution is -2.38. The second kappa shape index (κ2) is 4.64. The highest BCUT2D eigenvalue weighted by atomic mass is 15.2. The summed E-state index contributed by atoms with van der Waals surface area (Å²) in [5, 5.41) is 3.50. The molecule has 1 saturated heterocycles. The molecule has 3 unspecified atom stereocenters. The minimum Gasteiger partial charge on any atom is -0.302 e. The van der Waals surface area contributed by atoms with Gasteiger partial charge in [-0.1, -0.05) is 12.8 Å². The van der Waals surface area contributed by atoms with Crippen molar-refractivity contribution in [2.24, 2.45) is 0 Å². The number of nitrogens with zero attached hydrogens (tertiary/aromatic N) is 1. The van der Waals surface area contributed by atoms with Gasteiger partial charge in [0.2, 0.25) is 0 Å². The monoisotopic (exact) mass is 180 g/mol. The first-order valence-corrected chi connectivity index (χ1v) is 5.09. The quantitative estimate of drug-likeness (QED) is 0.654. The lowest BCUT2D eigenvalue weighted by atomic mass is 10.1. The highest BCUT2D eigenvalue weighted by molar-refractivity contribution is 5.00. The largest absolute Gasteiger partial charge is 0.302 e. The van der Waals surface area contributed by atoms with Crippen LogP contribution in [-0.4, -0.2) is 36.6 Å². The lowest BCUT2D eigenvalue weighted by molar-refractivity contribution is 0.325. The first-order valence-electron chi connectivity index (χ1n) is 5.09. The summed E-state index contributed by atoms with van der Waals surface area (Å²) >= 11 is 0. The van der Waals surface area contributed by atoms with E-state index in [1.165, 1.54) is 6.42 Å². The highest BCUT2D eigenvalue weighted by Gasteiger charge is 2.26. The van der Waals surface area contributed by atoms with Crippen molar-refractivity contribution in [1.82, 2.24) is 10.2 Å². The summed E-state index contributed by atoms with van der Waals surface area (Å²) in [6.07, 6.45) is 7.64. The van der Waals surface area contributed by atoms with Crippen molar-refractivity contribution in [1.29, 1.82) is 0 Å². The molecule has 1 N–H and O–H groups in total. The Bertz CT molecular complexity index is 185. The van der Waals surface area contributed by atoms with Crippen molar-refractivity contribution in [3.05, 3.63) is 0 Å². The highest BCUT2D eigenvalue weighted by Crippen LogP contribution is 2.15. The van der Waals surface area contributed by atoms with Crippen LogP contribution in [0, 0.1) is 12.3 Å². The van der Waals surface area contributed by atoms with Crippen LogP contribution in [0.25, 0.3) is 0 Å². The Kier molecular flexibility index (Phi) is 3.77. The van der Waals surface area contributed by atoms with Crippen LogP contribution in [0.2, 0.25) is 0 Å². The van der Waals surface area contributed by atoms with E-state index in [-0.39, 0.29) is 6.04 Å². The summed E-state index contributed by atoms with van der Waals surface area (Å²) in [5.74, 6) is 2.78. The van der Waals surface area contributed by atoms with Gasteiger partial charge in [-0.3, -0.25) is 5.32 Å². The zero-order valence-electron chi connectivity index (χ0n) is 8.88. The van der Waals surface area contributed by atoms with Crippen LogP contribution >= 0.6 is 0 Å². The smallest absolute Gasteiger partial charge is 0.0686 e. The van der Waals surface area contributed by atoms with Gasteiger partial charge >= 0.3 is 0 Å². The molecule has 0 aromatic carbocycles. The predicted molar refractivity (Wildman–Crippen MR) is 56.5 cm³/mol. The van der Waals surface area contributed by atoms with Crippen molar-refractivity contribution in [2.45, 2.75) is 44.8 Å². The molecule has 0 aliphatic carbocycles. The minimum atomic E-state index is 0.253. The van der Waals surface area contributed by atoms with Gasteiger partial charge in [-0.2, -0.15) is 0 Å². The molecule has 1 rings (SSSR count). The maximum absolute atomic E-state index is 5.40. The molecule has 0 radical (unpaired) electrons. The first-order chi connectivity index (χ1) is 6.17. The summed E-state index contributed by atoms with van der Waals surface area (Å²) in [6.45, 7) is 5.51. The van der Waals surface area contributed by atoms with Crippen molar-refractivity contribution in [3.63, 3.8) is 0 Å². The van der Waals surface area contributed by atoms with Crippen molar-refractivity contribution in [3.8, 4) is 12.3 Å². The fraction of sp³-hybridized carbons (Fsp3) is 0.818. The summed E-state index contributed by atoms with van der Waals surface area (Å²) in [4.78, 5) is 2.38. The SMILES string of the molecule is C#CC(CC)NC1CC(C)N(C)C1. The second-order valence-electron chi connectivity index (χ2n) is 4.02. The van der Waals surface area contributed by atoms with Gasteiger partial charge in [0.05, 0.1) is 6.04 Å². The third-order valence-corrected chi connectivity index (χ3v) is 2.93. The zero-order chi connectivity index (χ0) is 9.84. The summed E-state index contributed by atoms with van der Waals surface area (Å²) in [6, 6.07) is 1.53. The van der Waals surface area contributed by atoms with Gasteiger partial charge in [0.25, 0.3) is 0 Å². The van der Waals surface area contributed by atoms with Crippen molar-refractivity contribution < 1.29 is 0 Å². The third-order valence-electron chi connectivity index (χ3n) is 2.93. The van der Waals surface area contributed by atoms with E-state index in [1.54, 1.807) is 0 Å². The molecule has 3 atom stereocenters. The molecule has 1 fully saturated rings. The predicted octanol–water partition coefficient (Wildman–Crippen LogP) is 1.08. The van der Waals surface area contributed by atoms with E-state index < -0.39 is 0 Å². The minimum absolute atomic E-state index is 0.253. The topological polar surface area (TPSA) is 15.3 Å². The van der Waals surface area contributed by atoms with E-state index >= 15 is 0 Å². The molecule has 1 aliphatic heterocycles. The number of rotatable bonds is 3.